The van der Waals surface area contributed by atoms with E-state index < -0.39 is 35.6 Å². The molecule has 1 unspecified atom stereocenters. The zero-order valence-electron chi connectivity index (χ0n) is 10.6. The number of rotatable bonds is 4. The van der Waals surface area contributed by atoms with Crippen LogP contribution in [0.25, 0.3) is 0 Å². The Bertz CT molecular complexity index is 589. The van der Waals surface area contributed by atoms with Crippen molar-refractivity contribution in [3.63, 3.8) is 0 Å². The van der Waals surface area contributed by atoms with Crippen LogP contribution in [-0.4, -0.2) is 44.8 Å². The van der Waals surface area contributed by atoms with Gasteiger partial charge in [0.1, 0.15) is 11.9 Å². The van der Waals surface area contributed by atoms with E-state index in [-0.39, 0.29) is 11.3 Å². The van der Waals surface area contributed by atoms with Gasteiger partial charge in [-0.25, -0.2) is 13.6 Å². The standard InChI is InChI=1S/C10H10F4N4O3/c1-2-21-6(19)5-3-15-8-16-4-17-18(8)10(5,20)9(13,14)7(11)12/h3-4,7,20H,2H2,1H3,(H,15,16,17). The van der Waals surface area contributed by atoms with Crippen LogP contribution in [0.1, 0.15) is 6.92 Å². The van der Waals surface area contributed by atoms with E-state index in [9.17, 15) is 27.5 Å². The van der Waals surface area contributed by atoms with E-state index in [1.807, 2.05) is 0 Å². The molecule has 0 spiro atoms. The smallest absolute Gasteiger partial charge is 0.360 e. The topological polar surface area (TPSA) is 89.3 Å². The Kier molecular flexibility index (Phi) is 3.61. The molecular weight excluding hydrogens is 300 g/mol. The van der Waals surface area contributed by atoms with Crippen LogP contribution in [0.5, 0.6) is 0 Å². The molecule has 1 aliphatic heterocycles. The molecular formula is C10H10F4N4O3. The number of nitrogens with one attached hydrogen (secondary N) is 1. The van der Waals surface area contributed by atoms with Gasteiger partial charge in [-0.3, -0.25) is 0 Å². The van der Waals surface area contributed by atoms with E-state index in [0.717, 1.165) is 6.33 Å². The van der Waals surface area contributed by atoms with Crippen LogP contribution < -0.4 is 5.32 Å². The minimum atomic E-state index is -5.00. The molecule has 116 valence electrons. The first kappa shape index (κ1) is 15.2. The lowest BCUT2D eigenvalue weighted by molar-refractivity contribution is -0.266. The fourth-order valence-electron chi connectivity index (χ4n) is 1.81. The number of carbonyl (C=O) groups excluding carboxylic acids is 1. The lowest BCUT2D eigenvalue weighted by Gasteiger charge is -2.38. The number of carbonyl (C=O) groups is 1. The molecule has 0 aromatic carbocycles. The molecule has 2 N–H and O–H groups in total. The molecule has 1 aromatic heterocycles. The van der Waals surface area contributed by atoms with Gasteiger partial charge in [-0.15, -0.1) is 0 Å². The molecule has 21 heavy (non-hydrogen) atoms. The Labute approximate surface area is 115 Å². The zero-order valence-corrected chi connectivity index (χ0v) is 10.6. The van der Waals surface area contributed by atoms with Crippen molar-refractivity contribution >= 4 is 11.9 Å². The van der Waals surface area contributed by atoms with E-state index >= 15 is 0 Å². The number of hydrogen-bond acceptors (Lipinski definition) is 6. The van der Waals surface area contributed by atoms with Gasteiger partial charge in [0.25, 0.3) is 5.72 Å². The number of aliphatic hydroxyl groups is 1. The SMILES string of the molecule is CCOC(=O)C1=CNc2ncnn2C1(O)C(F)(F)C(F)F. The van der Waals surface area contributed by atoms with Crippen LogP contribution in [-0.2, 0) is 15.3 Å². The third-order valence-corrected chi connectivity index (χ3v) is 2.81. The van der Waals surface area contributed by atoms with Crippen molar-refractivity contribution in [1.82, 2.24) is 14.8 Å². The fraction of sp³-hybridized carbons (Fsp3) is 0.500. The van der Waals surface area contributed by atoms with Gasteiger partial charge in [0.15, 0.2) is 0 Å². The fourth-order valence-corrected chi connectivity index (χ4v) is 1.81. The number of aromatic nitrogens is 3. The van der Waals surface area contributed by atoms with Crippen molar-refractivity contribution in [3.8, 4) is 0 Å². The summed E-state index contributed by atoms with van der Waals surface area (Å²) in [4.78, 5) is 15.2. The lowest BCUT2D eigenvalue weighted by atomic mass is 9.95. The number of fused-ring (bicyclic) bond motifs is 1. The highest BCUT2D eigenvalue weighted by Gasteiger charge is 2.67. The average molecular weight is 310 g/mol. The van der Waals surface area contributed by atoms with Gasteiger partial charge in [-0.1, -0.05) is 0 Å². The molecule has 0 fully saturated rings. The van der Waals surface area contributed by atoms with Crippen LogP contribution >= 0.6 is 0 Å². The molecule has 0 amide bonds. The predicted molar refractivity (Wildman–Crippen MR) is 59.5 cm³/mol. The van der Waals surface area contributed by atoms with E-state index in [0.29, 0.717) is 6.20 Å². The average Bonchev–Trinajstić information content (AvgIpc) is 2.88. The van der Waals surface area contributed by atoms with Crippen molar-refractivity contribution in [2.24, 2.45) is 0 Å². The summed E-state index contributed by atoms with van der Waals surface area (Å²) in [5, 5.41) is 15.8. The first-order valence-electron chi connectivity index (χ1n) is 5.70. The maximum atomic E-state index is 13.9. The number of nitrogens with zero attached hydrogens (tertiary/aromatic N) is 3. The molecule has 1 atom stereocenters. The van der Waals surface area contributed by atoms with Crippen LogP contribution in [0.3, 0.4) is 0 Å². The second kappa shape index (κ2) is 4.98. The van der Waals surface area contributed by atoms with Crippen molar-refractivity contribution in [2.75, 3.05) is 11.9 Å². The molecule has 11 heteroatoms. The second-order valence-corrected chi connectivity index (χ2v) is 4.01. The van der Waals surface area contributed by atoms with Crippen LogP contribution in [0.4, 0.5) is 23.5 Å². The maximum absolute atomic E-state index is 13.9. The van der Waals surface area contributed by atoms with Gasteiger partial charge in [0, 0.05) is 6.20 Å². The third-order valence-electron chi connectivity index (χ3n) is 2.81. The summed E-state index contributed by atoms with van der Waals surface area (Å²) in [5.41, 5.74) is -4.82. The van der Waals surface area contributed by atoms with E-state index in [1.54, 1.807) is 0 Å². The summed E-state index contributed by atoms with van der Waals surface area (Å²) in [6, 6.07) is 0. The quantitative estimate of drug-likeness (QED) is 0.628. The zero-order chi connectivity index (χ0) is 15.8. The molecule has 1 aliphatic rings. The summed E-state index contributed by atoms with van der Waals surface area (Å²) < 4.78 is 57.7. The molecule has 0 saturated heterocycles. The van der Waals surface area contributed by atoms with Crippen molar-refractivity contribution in [2.45, 2.75) is 25.0 Å². The minimum absolute atomic E-state index is 0.116. The molecule has 1 aromatic rings. The normalized spacial score (nSPS) is 21.6. The maximum Gasteiger partial charge on any atom is 0.360 e. The van der Waals surface area contributed by atoms with Crippen molar-refractivity contribution < 1.29 is 32.2 Å². The van der Waals surface area contributed by atoms with Gasteiger partial charge in [0.2, 0.25) is 5.95 Å². The Morgan fingerprint density at radius 2 is 2.29 bits per heavy atom. The molecule has 7 nitrogen and oxygen atoms in total. The molecule has 0 bridgehead atoms. The Morgan fingerprint density at radius 3 is 2.86 bits per heavy atom. The number of esters is 1. The molecule has 0 aliphatic carbocycles. The van der Waals surface area contributed by atoms with Crippen molar-refractivity contribution in [3.05, 3.63) is 18.1 Å². The third kappa shape index (κ3) is 2.04. The number of halogens is 4. The van der Waals surface area contributed by atoms with Crippen LogP contribution in [0, 0.1) is 0 Å². The van der Waals surface area contributed by atoms with Crippen LogP contribution in [0.15, 0.2) is 18.1 Å². The highest BCUT2D eigenvalue weighted by molar-refractivity contribution is 5.91. The summed E-state index contributed by atoms with van der Waals surface area (Å²) in [7, 11) is 0. The van der Waals surface area contributed by atoms with Gasteiger partial charge in [-0.2, -0.15) is 23.5 Å². The molecule has 0 saturated carbocycles. The predicted octanol–water partition coefficient (Wildman–Crippen LogP) is 0.696. The number of anilines is 1. The summed E-state index contributed by atoms with van der Waals surface area (Å²) in [5.74, 6) is -6.81. The second-order valence-electron chi connectivity index (χ2n) is 4.01. The minimum Gasteiger partial charge on any atom is -0.462 e. The highest BCUT2D eigenvalue weighted by Crippen LogP contribution is 2.45. The number of hydrogen-bond donors (Lipinski definition) is 2. The largest absolute Gasteiger partial charge is 0.462 e. The summed E-state index contributed by atoms with van der Waals surface area (Å²) >= 11 is 0. The van der Waals surface area contributed by atoms with Gasteiger partial charge in [0.05, 0.1) is 6.61 Å². The van der Waals surface area contributed by atoms with Crippen LogP contribution in [0.2, 0.25) is 0 Å². The molecule has 0 radical (unpaired) electrons. The van der Waals surface area contributed by atoms with Gasteiger partial charge < -0.3 is 15.2 Å². The molecule has 2 heterocycles. The van der Waals surface area contributed by atoms with E-state index in [4.69, 9.17) is 0 Å². The first-order chi connectivity index (χ1) is 9.76. The Morgan fingerprint density at radius 1 is 1.62 bits per heavy atom. The number of alkyl halides is 4. The lowest BCUT2D eigenvalue weighted by Crippen LogP contribution is -2.59. The van der Waals surface area contributed by atoms with Gasteiger partial charge >= 0.3 is 18.3 Å². The molecule has 2 rings (SSSR count). The van der Waals surface area contributed by atoms with Crippen molar-refractivity contribution in [1.29, 1.82) is 0 Å². The Hall–Kier alpha value is -2.17. The van der Waals surface area contributed by atoms with E-state index in [1.165, 1.54) is 6.92 Å². The first-order valence-corrected chi connectivity index (χ1v) is 5.70. The summed E-state index contributed by atoms with van der Waals surface area (Å²) in [6.45, 7) is 1.19. The summed E-state index contributed by atoms with van der Waals surface area (Å²) in [6.07, 6.45) is -2.86. The Balaban J connectivity index is 2.61. The number of ether oxygens (including phenoxy) is 1. The highest BCUT2D eigenvalue weighted by atomic mass is 19.3. The monoisotopic (exact) mass is 310 g/mol. The van der Waals surface area contributed by atoms with E-state index in [2.05, 4.69) is 20.1 Å². The van der Waals surface area contributed by atoms with Gasteiger partial charge in [-0.05, 0) is 6.92 Å².